The first-order valence-corrected chi connectivity index (χ1v) is 13.5. The van der Waals surface area contributed by atoms with Gasteiger partial charge in [-0.2, -0.15) is 4.31 Å². The van der Waals surface area contributed by atoms with Crippen LogP contribution in [0.4, 0.5) is 0 Å². The number of sulfonamides is 1. The summed E-state index contributed by atoms with van der Waals surface area (Å²) >= 11 is 0. The van der Waals surface area contributed by atoms with Gasteiger partial charge in [0.15, 0.2) is 11.9 Å². The quantitative estimate of drug-likeness (QED) is 0.291. The molecule has 1 heterocycles. The minimum atomic E-state index is -3.29. The number of esters is 1. The molecule has 1 unspecified atom stereocenters. The van der Waals surface area contributed by atoms with E-state index < -0.39 is 22.0 Å². The summed E-state index contributed by atoms with van der Waals surface area (Å²) in [4.78, 5) is 12.6. The summed E-state index contributed by atoms with van der Waals surface area (Å²) < 4.78 is 38.0. The first kappa shape index (κ1) is 26.2. The van der Waals surface area contributed by atoms with Gasteiger partial charge in [-0.25, -0.2) is 17.9 Å². The van der Waals surface area contributed by atoms with E-state index in [1.165, 1.54) is 17.7 Å². The molecular formula is C23H35N5O5S. The minimum Gasteiger partial charge on any atom is -0.467 e. The van der Waals surface area contributed by atoms with Crippen LogP contribution < -0.4 is 0 Å². The van der Waals surface area contributed by atoms with Crippen molar-refractivity contribution >= 4 is 16.0 Å². The normalized spacial score (nSPS) is 16.1. The predicted molar refractivity (Wildman–Crippen MR) is 126 cm³/mol. The van der Waals surface area contributed by atoms with E-state index in [0.717, 1.165) is 18.4 Å². The third kappa shape index (κ3) is 6.61. The molecule has 2 aromatic rings. The zero-order valence-corrected chi connectivity index (χ0v) is 21.2. The van der Waals surface area contributed by atoms with Crippen LogP contribution in [0.1, 0.15) is 63.4 Å². The lowest BCUT2D eigenvalue weighted by Gasteiger charge is -2.24. The van der Waals surface area contributed by atoms with E-state index in [9.17, 15) is 13.2 Å². The maximum atomic E-state index is 12.6. The SMILES string of the molecule is COC(=O)C(CCCCN(C(C)C)S(C)(=O)=O)n1nnnc1C1(COCc2ccccc2)CC1. The highest BCUT2D eigenvalue weighted by molar-refractivity contribution is 7.88. The van der Waals surface area contributed by atoms with Crippen molar-refractivity contribution in [2.45, 2.75) is 70.1 Å². The molecule has 1 atom stereocenters. The zero-order chi connectivity index (χ0) is 24.8. The second-order valence-corrected chi connectivity index (χ2v) is 11.1. The summed E-state index contributed by atoms with van der Waals surface area (Å²) in [6, 6.07) is 9.15. The number of methoxy groups -OCH3 is 1. The zero-order valence-electron chi connectivity index (χ0n) is 20.4. The first-order valence-electron chi connectivity index (χ1n) is 11.6. The van der Waals surface area contributed by atoms with E-state index in [-0.39, 0.29) is 11.5 Å². The van der Waals surface area contributed by atoms with Crippen molar-refractivity contribution in [2.24, 2.45) is 0 Å². The molecule has 0 N–H and O–H groups in total. The van der Waals surface area contributed by atoms with E-state index in [2.05, 4.69) is 15.5 Å². The summed E-state index contributed by atoms with van der Waals surface area (Å²) in [7, 11) is -1.94. The number of ether oxygens (including phenoxy) is 2. The lowest BCUT2D eigenvalue weighted by atomic mass is 10.1. The Labute approximate surface area is 201 Å². The summed E-state index contributed by atoms with van der Waals surface area (Å²) in [6.45, 7) is 5.05. The number of rotatable bonds is 14. The van der Waals surface area contributed by atoms with Gasteiger partial charge in [0.25, 0.3) is 0 Å². The van der Waals surface area contributed by atoms with Gasteiger partial charge in [-0.3, -0.25) is 0 Å². The van der Waals surface area contributed by atoms with Gasteiger partial charge in [-0.15, -0.1) is 5.10 Å². The third-order valence-corrected chi connectivity index (χ3v) is 7.64. The molecule has 0 saturated heterocycles. The van der Waals surface area contributed by atoms with Crippen molar-refractivity contribution in [3.05, 3.63) is 41.7 Å². The molecule has 0 spiro atoms. The topological polar surface area (TPSA) is 117 Å². The van der Waals surface area contributed by atoms with Gasteiger partial charge in [0, 0.05) is 12.6 Å². The highest BCUT2D eigenvalue weighted by Gasteiger charge is 2.50. The molecule has 0 aliphatic heterocycles. The highest BCUT2D eigenvalue weighted by Crippen LogP contribution is 2.48. The Morgan fingerprint density at radius 2 is 1.91 bits per heavy atom. The molecular weight excluding hydrogens is 458 g/mol. The van der Waals surface area contributed by atoms with E-state index >= 15 is 0 Å². The minimum absolute atomic E-state index is 0.122. The maximum Gasteiger partial charge on any atom is 0.330 e. The van der Waals surface area contributed by atoms with Crippen LogP contribution in [0.3, 0.4) is 0 Å². The summed E-state index contributed by atoms with van der Waals surface area (Å²) in [5.41, 5.74) is 0.782. The fourth-order valence-corrected chi connectivity index (χ4v) is 5.39. The van der Waals surface area contributed by atoms with Crippen LogP contribution >= 0.6 is 0 Å². The summed E-state index contributed by atoms with van der Waals surface area (Å²) in [5, 5.41) is 12.2. The molecule has 0 radical (unpaired) electrons. The highest BCUT2D eigenvalue weighted by atomic mass is 32.2. The number of tetrazole rings is 1. The van der Waals surface area contributed by atoms with Crippen LogP contribution in [0.5, 0.6) is 0 Å². The molecule has 1 aromatic carbocycles. The second kappa shape index (κ2) is 11.4. The van der Waals surface area contributed by atoms with Crippen LogP contribution in [0.2, 0.25) is 0 Å². The number of aromatic nitrogens is 4. The molecule has 1 aromatic heterocycles. The molecule has 3 rings (SSSR count). The molecule has 10 nitrogen and oxygen atoms in total. The van der Waals surface area contributed by atoms with Crippen LogP contribution in [0.25, 0.3) is 0 Å². The number of nitrogens with zero attached hydrogens (tertiary/aromatic N) is 5. The Hall–Kier alpha value is -2.37. The molecule has 11 heteroatoms. The molecule has 1 fully saturated rings. The van der Waals surface area contributed by atoms with Crippen molar-refractivity contribution in [3.63, 3.8) is 0 Å². The van der Waals surface area contributed by atoms with E-state index in [0.29, 0.717) is 44.8 Å². The molecule has 0 bridgehead atoms. The Kier molecular flexibility index (Phi) is 8.78. The number of carbonyl (C=O) groups excluding carboxylic acids is 1. The molecule has 1 aliphatic rings. The molecule has 1 saturated carbocycles. The molecule has 1 aliphatic carbocycles. The lowest BCUT2D eigenvalue weighted by molar-refractivity contribution is -0.145. The van der Waals surface area contributed by atoms with E-state index in [1.54, 1.807) is 4.68 Å². The number of hydrogen-bond donors (Lipinski definition) is 0. The smallest absolute Gasteiger partial charge is 0.330 e. The summed E-state index contributed by atoms with van der Waals surface area (Å²) in [5.74, 6) is 0.217. The number of unbranched alkanes of at least 4 members (excludes halogenated alkanes) is 1. The Morgan fingerprint density at radius 1 is 1.21 bits per heavy atom. The van der Waals surface area contributed by atoms with Crippen LogP contribution in [0.15, 0.2) is 30.3 Å². The number of hydrogen-bond acceptors (Lipinski definition) is 8. The maximum absolute atomic E-state index is 12.6. The van der Waals surface area contributed by atoms with Gasteiger partial charge in [-0.1, -0.05) is 30.3 Å². The van der Waals surface area contributed by atoms with Crippen molar-refractivity contribution < 1.29 is 22.7 Å². The van der Waals surface area contributed by atoms with Crippen molar-refractivity contribution in [2.75, 3.05) is 26.5 Å². The van der Waals surface area contributed by atoms with Crippen molar-refractivity contribution in [1.82, 2.24) is 24.5 Å². The van der Waals surface area contributed by atoms with Gasteiger partial charge in [-0.05, 0) is 61.9 Å². The van der Waals surface area contributed by atoms with E-state index in [1.807, 2.05) is 44.2 Å². The first-order chi connectivity index (χ1) is 16.2. The Bertz CT molecular complexity index is 1040. The van der Waals surface area contributed by atoms with Gasteiger partial charge in [0.05, 0.1) is 32.0 Å². The van der Waals surface area contributed by atoms with Crippen molar-refractivity contribution in [3.8, 4) is 0 Å². The molecule has 34 heavy (non-hydrogen) atoms. The summed E-state index contributed by atoms with van der Waals surface area (Å²) in [6.07, 6.45) is 4.66. The third-order valence-electron chi connectivity index (χ3n) is 6.19. The number of benzene rings is 1. The Morgan fingerprint density at radius 3 is 2.50 bits per heavy atom. The van der Waals surface area contributed by atoms with Gasteiger partial charge in [0.1, 0.15) is 0 Å². The molecule has 188 valence electrons. The number of carbonyl (C=O) groups is 1. The van der Waals surface area contributed by atoms with Gasteiger partial charge >= 0.3 is 5.97 Å². The van der Waals surface area contributed by atoms with Gasteiger partial charge in [0.2, 0.25) is 10.0 Å². The van der Waals surface area contributed by atoms with Crippen LogP contribution in [0, 0.1) is 0 Å². The van der Waals surface area contributed by atoms with Gasteiger partial charge < -0.3 is 9.47 Å². The molecule has 0 amide bonds. The largest absolute Gasteiger partial charge is 0.467 e. The average molecular weight is 494 g/mol. The fourth-order valence-electron chi connectivity index (χ4n) is 4.16. The second-order valence-electron chi connectivity index (χ2n) is 9.21. The van der Waals surface area contributed by atoms with Crippen LogP contribution in [-0.4, -0.2) is 71.5 Å². The fraction of sp³-hybridized carbons (Fsp3) is 0.652. The average Bonchev–Trinajstić information content (AvgIpc) is 3.41. The Balaban J connectivity index is 1.64. The monoisotopic (exact) mass is 493 g/mol. The van der Waals surface area contributed by atoms with Crippen LogP contribution in [-0.2, 0) is 36.3 Å². The van der Waals surface area contributed by atoms with Crippen molar-refractivity contribution in [1.29, 1.82) is 0 Å². The van der Waals surface area contributed by atoms with E-state index in [4.69, 9.17) is 9.47 Å². The lowest BCUT2D eigenvalue weighted by Crippen LogP contribution is -2.37. The predicted octanol–water partition coefficient (Wildman–Crippen LogP) is 2.48. The standard InChI is InChI=1S/C23H35N5O5S/c1-18(2)27(34(4,30)31)15-9-8-12-20(21(29)32-3)28-22(24-25-26-28)23(13-14-23)17-33-16-19-10-6-5-7-11-19/h5-7,10-11,18,20H,8-9,12-17H2,1-4H3.